The molecule has 0 aliphatic heterocycles. The predicted molar refractivity (Wildman–Crippen MR) is 123 cm³/mol. The van der Waals surface area contributed by atoms with Crippen molar-refractivity contribution in [2.75, 3.05) is 23.4 Å². The molecule has 0 atom stereocenters. The fourth-order valence-corrected chi connectivity index (χ4v) is 7.34. The summed E-state index contributed by atoms with van der Waals surface area (Å²) < 4.78 is 25.1. The first-order valence-corrected chi connectivity index (χ1v) is 13.3. The van der Waals surface area contributed by atoms with Crippen molar-refractivity contribution in [2.45, 2.75) is 43.4 Å². The van der Waals surface area contributed by atoms with Gasteiger partial charge in [-0.05, 0) is 86.0 Å². The average molecular weight is 453 g/mol. The summed E-state index contributed by atoms with van der Waals surface area (Å²) in [6, 6.07) is 8.66. The van der Waals surface area contributed by atoms with Crippen molar-refractivity contribution in [1.82, 2.24) is 19.6 Å². The van der Waals surface area contributed by atoms with Gasteiger partial charge >= 0.3 is 0 Å². The van der Waals surface area contributed by atoms with Crippen LogP contribution in [0, 0.1) is 23.2 Å². The topological polar surface area (TPSA) is 101 Å². The third-order valence-electron chi connectivity index (χ3n) is 7.62. The fourth-order valence-electron chi connectivity index (χ4n) is 6.71. The summed E-state index contributed by atoms with van der Waals surface area (Å²) in [6.45, 7) is 0.955. The van der Waals surface area contributed by atoms with Crippen LogP contribution in [0.4, 0.5) is 17.3 Å². The van der Waals surface area contributed by atoms with Gasteiger partial charge in [0.05, 0.1) is 4.90 Å². The van der Waals surface area contributed by atoms with Crippen LogP contribution < -0.4 is 10.6 Å². The lowest BCUT2D eigenvalue weighted by Gasteiger charge is -2.57. The Bertz CT molecular complexity index is 1230. The molecule has 1 aromatic carbocycles. The van der Waals surface area contributed by atoms with Crippen molar-refractivity contribution < 1.29 is 8.42 Å². The van der Waals surface area contributed by atoms with Crippen LogP contribution in [0.15, 0.2) is 41.6 Å². The SMILES string of the molecule is CS(=O)(=O)c1ccc(Nc2cc(NCC34CC5CC(CC(C5)C3)C4)nc3ncnn23)cc1. The normalized spacial score (nSPS) is 28.8. The highest BCUT2D eigenvalue weighted by Crippen LogP contribution is 2.59. The molecular weight excluding hydrogens is 424 g/mol. The van der Waals surface area contributed by atoms with E-state index in [1.54, 1.807) is 28.8 Å². The largest absolute Gasteiger partial charge is 0.369 e. The Morgan fingerprint density at radius 2 is 1.72 bits per heavy atom. The lowest BCUT2D eigenvalue weighted by Crippen LogP contribution is -2.49. The zero-order valence-corrected chi connectivity index (χ0v) is 19.0. The second-order valence-corrected chi connectivity index (χ2v) is 12.2. The van der Waals surface area contributed by atoms with Crippen molar-refractivity contribution in [3.63, 3.8) is 0 Å². The van der Waals surface area contributed by atoms with Gasteiger partial charge in [-0.25, -0.2) is 8.42 Å². The number of fused-ring (bicyclic) bond motifs is 1. The molecule has 4 aliphatic rings. The number of nitrogens with one attached hydrogen (secondary N) is 2. The van der Waals surface area contributed by atoms with Gasteiger partial charge in [-0.15, -0.1) is 0 Å². The highest BCUT2D eigenvalue weighted by molar-refractivity contribution is 7.90. The summed E-state index contributed by atoms with van der Waals surface area (Å²) in [7, 11) is -3.23. The van der Waals surface area contributed by atoms with Gasteiger partial charge in [-0.2, -0.15) is 19.6 Å². The molecule has 0 spiro atoms. The van der Waals surface area contributed by atoms with Crippen LogP contribution in [-0.2, 0) is 9.84 Å². The Kier molecular flexibility index (Phi) is 4.47. The molecular formula is C23H28N6O2S. The van der Waals surface area contributed by atoms with E-state index < -0.39 is 9.84 Å². The summed E-state index contributed by atoms with van der Waals surface area (Å²) in [6.07, 6.45) is 11.0. The first-order chi connectivity index (χ1) is 15.4. The van der Waals surface area contributed by atoms with E-state index in [-0.39, 0.29) is 0 Å². The van der Waals surface area contributed by atoms with Gasteiger partial charge in [-0.1, -0.05) is 0 Å². The number of aromatic nitrogens is 4. The molecule has 4 aliphatic carbocycles. The Labute approximate surface area is 187 Å². The number of hydrogen-bond donors (Lipinski definition) is 2. The summed E-state index contributed by atoms with van der Waals surface area (Å²) >= 11 is 0. The maximum Gasteiger partial charge on any atom is 0.256 e. The quantitative estimate of drug-likeness (QED) is 0.585. The molecule has 3 aromatic rings. The van der Waals surface area contributed by atoms with Crippen molar-refractivity contribution in [3.8, 4) is 0 Å². The number of benzene rings is 1. The third kappa shape index (κ3) is 3.62. The van der Waals surface area contributed by atoms with Crippen LogP contribution >= 0.6 is 0 Å². The van der Waals surface area contributed by atoms with Crippen molar-refractivity contribution >= 4 is 32.9 Å². The van der Waals surface area contributed by atoms with E-state index in [2.05, 4.69) is 25.7 Å². The maximum absolute atomic E-state index is 11.7. The lowest BCUT2D eigenvalue weighted by molar-refractivity contribution is -0.0444. The molecule has 0 radical (unpaired) electrons. The van der Waals surface area contributed by atoms with E-state index in [4.69, 9.17) is 0 Å². The summed E-state index contributed by atoms with van der Waals surface area (Å²) in [5.41, 5.74) is 1.18. The minimum absolute atomic E-state index is 0.293. The predicted octanol–water partition coefficient (Wildman–Crippen LogP) is 3.90. The molecule has 7 rings (SSSR count). The first kappa shape index (κ1) is 20.0. The van der Waals surface area contributed by atoms with E-state index in [0.29, 0.717) is 16.1 Å². The average Bonchev–Trinajstić information content (AvgIpc) is 3.20. The first-order valence-electron chi connectivity index (χ1n) is 11.4. The van der Waals surface area contributed by atoms with Crippen molar-refractivity contribution in [2.24, 2.45) is 23.2 Å². The molecule has 4 bridgehead atoms. The van der Waals surface area contributed by atoms with Gasteiger partial charge in [0.2, 0.25) is 0 Å². The van der Waals surface area contributed by atoms with E-state index in [1.807, 2.05) is 6.07 Å². The second kappa shape index (κ2) is 7.16. The van der Waals surface area contributed by atoms with E-state index in [9.17, 15) is 8.42 Å². The van der Waals surface area contributed by atoms with Crippen LogP contribution in [0.5, 0.6) is 0 Å². The molecule has 2 heterocycles. The zero-order chi connectivity index (χ0) is 21.9. The molecule has 168 valence electrons. The minimum atomic E-state index is -3.23. The van der Waals surface area contributed by atoms with Gasteiger partial charge in [0.1, 0.15) is 18.0 Å². The Morgan fingerprint density at radius 1 is 1.06 bits per heavy atom. The molecule has 9 heteroatoms. The standard InChI is InChI=1S/C23H28N6O2S/c1-32(30,31)19-4-2-18(3-5-19)27-21-9-20(28-22-25-14-26-29(21)22)24-13-23-10-15-6-16(11-23)8-17(7-15)12-23/h2-5,9,14-17,27H,6-8,10-13H2,1H3,(H,24,25,26,28). The summed E-state index contributed by atoms with van der Waals surface area (Å²) in [5, 5.41) is 11.2. The van der Waals surface area contributed by atoms with Gasteiger partial charge in [0.25, 0.3) is 5.78 Å². The van der Waals surface area contributed by atoms with Crippen LogP contribution in [0.25, 0.3) is 5.78 Å². The smallest absolute Gasteiger partial charge is 0.256 e. The van der Waals surface area contributed by atoms with Crippen LogP contribution in [0.2, 0.25) is 0 Å². The van der Waals surface area contributed by atoms with Crippen molar-refractivity contribution in [1.29, 1.82) is 0 Å². The lowest BCUT2D eigenvalue weighted by atomic mass is 9.49. The highest BCUT2D eigenvalue weighted by atomic mass is 32.2. The highest BCUT2D eigenvalue weighted by Gasteiger charge is 2.50. The number of sulfone groups is 1. The van der Waals surface area contributed by atoms with Gasteiger partial charge < -0.3 is 10.6 Å². The van der Waals surface area contributed by atoms with Gasteiger partial charge in [0, 0.05) is 24.6 Å². The molecule has 32 heavy (non-hydrogen) atoms. The van der Waals surface area contributed by atoms with E-state index in [0.717, 1.165) is 41.6 Å². The third-order valence-corrected chi connectivity index (χ3v) is 8.74. The Hall–Kier alpha value is -2.68. The molecule has 0 unspecified atom stereocenters. The summed E-state index contributed by atoms with van der Waals surface area (Å²) in [5.74, 6) is 4.80. The maximum atomic E-state index is 11.7. The Balaban J connectivity index is 1.24. The molecule has 4 saturated carbocycles. The number of nitrogens with zero attached hydrogens (tertiary/aromatic N) is 4. The van der Waals surface area contributed by atoms with Crippen LogP contribution in [-0.4, -0.2) is 40.8 Å². The van der Waals surface area contributed by atoms with Gasteiger partial charge in [0.15, 0.2) is 9.84 Å². The zero-order valence-electron chi connectivity index (χ0n) is 18.2. The number of rotatable bonds is 6. The van der Waals surface area contributed by atoms with Crippen LogP contribution in [0.3, 0.4) is 0 Å². The number of hydrogen-bond acceptors (Lipinski definition) is 7. The summed E-state index contributed by atoms with van der Waals surface area (Å²) in [4.78, 5) is 9.24. The van der Waals surface area contributed by atoms with Crippen molar-refractivity contribution in [3.05, 3.63) is 36.7 Å². The fraction of sp³-hybridized carbons (Fsp3) is 0.522. The molecule has 8 nitrogen and oxygen atoms in total. The number of anilines is 3. The minimum Gasteiger partial charge on any atom is -0.369 e. The molecule has 0 saturated heterocycles. The van der Waals surface area contributed by atoms with E-state index >= 15 is 0 Å². The monoisotopic (exact) mass is 452 g/mol. The van der Waals surface area contributed by atoms with Gasteiger partial charge in [-0.3, -0.25) is 0 Å². The molecule has 0 amide bonds. The van der Waals surface area contributed by atoms with Crippen LogP contribution in [0.1, 0.15) is 38.5 Å². The molecule has 2 aromatic heterocycles. The molecule has 2 N–H and O–H groups in total. The van der Waals surface area contributed by atoms with E-state index in [1.165, 1.54) is 51.1 Å². The second-order valence-electron chi connectivity index (χ2n) is 10.2. The molecule has 4 fully saturated rings. The Morgan fingerprint density at radius 3 is 2.34 bits per heavy atom.